The minimum absolute atomic E-state index is 0. The summed E-state index contributed by atoms with van der Waals surface area (Å²) in [6, 6.07) is 5.87. The fourth-order valence-corrected chi connectivity index (χ4v) is 1.71. The third-order valence-corrected chi connectivity index (χ3v) is 2.58. The van der Waals surface area contributed by atoms with Crippen LogP contribution in [0.1, 0.15) is 5.56 Å². The molecule has 0 amide bonds. The van der Waals surface area contributed by atoms with E-state index in [2.05, 4.69) is 15.3 Å². The van der Waals surface area contributed by atoms with E-state index in [1.165, 1.54) is 0 Å². The fourth-order valence-electron chi connectivity index (χ4n) is 1.71. The molecule has 1 aromatic carbocycles. The van der Waals surface area contributed by atoms with Gasteiger partial charge in [-0.1, -0.05) is 6.07 Å². The number of rotatable bonds is 3. The summed E-state index contributed by atoms with van der Waals surface area (Å²) in [6.07, 6.45) is 0.801. The highest BCUT2D eigenvalue weighted by Crippen LogP contribution is 2.32. The molecule has 0 atom stereocenters. The monoisotopic (exact) mass is 299 g/mol. The van der Waals surface area contributed by atoms with Crippen molar-refractivity contribution in [2.75, 3.05) is 20.4 Å². The summed E-state index contributed by atoms with van der Waals surface area (Å²) in [4.78, 5) is 7.78. The number of aliphatic imine (C=N–C) groups is 2. The highest BCUT2D eigenvalue weighted by molar-refractivity contribution is 5.93. The Morgan fingerprint density at radius 2 is 2.05 bits per heavy atom. The van der Waals surface area contributed by atoms with Crippen LogP contribution in [-0.4, -0.2) is 32.3 Å². The van der Waals surface area contributed by atoms with Crippen molar-refractivity contribution in [1.82, 2.24) is 5.32 Å². The smallest absolute Gasteiger partial charge is 0.231 e. The van der Waals surface area contributed by atoms with Gasteiger partial charge in [0.1, 0.15) is 0 Å². The molecule has 0 radical (unpaired) electrons. The van der Waals surface area contributed by atoms with Crippen molar-refractivity contribution in [2.24, 2.45) is 21.5 Å². The second-order valence-electron chi connectivity index (χ2n) is 3.95. The van der Waals surface area contributed by atoms with Crippen LogP contribution in [0, 0.1) is 0 Å². The number of nitrogens with zero attached hydrogens (tertiary/aromatic N) is 2. The average Bonchev–Trinajstić information content (AvgIpc) is 2.84. The molecular formula is C12H18ClN5O2. The second-order valence-corrected chi connectivity index (χ2v) is 3.95. The van der Waals surface area contributed by atoms with Gasteiger partial charge in [0.2, 0.25) is 12.8 Å². The van der Waals surface area contributed by atoms with Gasteiger partial charge in [0.25, 0.3) is 0 Å². The molecule has 0 fully saturated rings. The van der Waals surface area contributed by atoms with Gasteiger partial charge in [-0.25, -0.2) is 0 Å². The zero-order chi connectivity index (χ0) is 13.7. The molecule has 8 heteroatoms. The number of hydrogen-bond donors (Lipinski definition) is 3. The minimum atomic E-state index is -0.0174. The Kier molecular flexibility index (Phi) is 5.92. The number of nitrogens with two attached hydrogens (primary N) is 2. The number of hydrogen-bond acceptors (Lipinski definition) is 3. The van der Waals surface area contributed by atoms with Crippen LogP contribution in [0.5, 0.6) is 11.5 Å². The highest BCUT2D eigenvalue weighted by atomic mass is 35.5. The normalized spacial score (nSPS) is 12.6. The molecule has 1 aliphatic rings. The van der Waals surface area contributed by atoms with E-state index in [9.17, 15) is 0 Å². The summed E-state index contributed by atoms with van der Waals surface area (Å²) >= 11 is 0. The highest BCUT2D eigenvalue weighted by Gasteiger charge is 2.12. The Morgan fingerprint density at radius 1 is 1.30 bits per heavy atom. The maximum Gasteiger partial charge on any atom is 0.231 e. The maximum absolute atomic E-state index is 5.32. The minimum Gasteiger partial charge on any atom is -0.454 e. The van der Waals surface area contributed by atoms with Gasteiger partial charge >= 0.3 is 0 Å². The van der Waals surface area contributed by atoms with Crippen molar-refractivity contribution in [2.45, 2.75) is 6.42 Å². The first-order chi connectivity index (χ1) is 9.19. The molecule has 0 unspecified atom stereocenters. The van der Waals surface area contributed by atoms with Gasteiger partial charge in [0.15, 0.2) is 17.5 Å². The van der Waals surface area contributed by atoms with Crippen molar-refractivity contribution in [3.8, 4) is 11.5 Å². The number of ether oxygens (including phenoxy) is 2. The lowest BCUT2D eigenvalue weighted by atomic mass is 10.1. The predicted molar refractivity (Wildman–Crippen MR) is 80.7 cm³/mol. The molecule has 0 spiro atoms. The second kappa shape index (κ2) is 7.44. The SMILES string of the molecule is CN=C(N=C(N)N)NCCc1ccc2c(c1)OCO2.Cl. The van der Waals surface area contributed by atoms with E-state index in [-0.39, 0.29) is 25.2 Å². The molecule has 5 N–H and O–H groups in total. The van der Waals surface area contributed by atoms with Crippen LogP contribution < -0.4 is 26.3 Å². The van der Waals surface area contributed by atoms with E-state index in [1.54, 1.807) is 7.05 Å². The van der Waals surface area contributed by atoms with Crippen molar-refractivity contribution >= 4 is 24.3 Å². The zero-order valence-corrected chi connectivity index (χ0v) is 11.9. The summed E-state index contributed by atoms with van der Waals surface area (Å²) < 4.78 is 10.6. The van der Waals surface area contributed by atoms with Gasteiger partial charge in [0, 0.05) is 13.6 Å². The third kappa shape index (κ3) is 4.20. The summed E-state index contributed by atoms with van der Waals surface area (Å²) in [6.45, 7) is 0.956. The van der Waals surface area contributed by atoms with Crippen LogP contribution in [0.15, 0.2) is 28.2 Å². The van der Waals surface area contributed by atoms with Gasteiger partial charge in [-0.3, -0.25) is 4.99 Å². The van der Waals surface area contributed by atoms with Gasteiger partial charge in [0.05, 0.1) is 0 Å². The Morgan fingerprint density at radius 3 is 2.75 bits per heavy atom. The summed E-state index contributed by atoms with van der Waals surface area (Å²) in [5, 5.41) is 3.05. The molecule has 20 heavy (non-hydrogen) atoms. The van der Waals surface area contributed by atoms with Crippen molar-refractivity contribution in [3.63, 3.8) is 0 Å². The molecule has 0 aromatic heterocycles. The Labute approximate surface area is 123 Å². The van der Waals surface area contributed by atoms with Crippen LogP contribution in [0.25, 0.3) is 0 Å². The first kappa shape index (κ1) is 15.9. The standard InChI is InChI=1S/C12H17N5O2.ClH/c1-15-12(17-11(13)14)16-5-4-8-2-3-9-10(6-8)19-7-18-9;/h2-3,6H,4-5,7H2,1H3,(H5,13,14,15,16,17);1H. The third-order valence-electron chi connectivity index (χ3n) is 2.58. The topological polar surface area (TPSA) is 107 Å². The maximum atomic E-state index is 5.32. The first-order valence-corrected chi connectivity index (χ1v) is 5.88. The van der Waals surface area contributed by atoms with Gasteiger partial charge in [-0.05, 0) is 24.1 Å². The van der Waals surface area contributed by atoms with E-state index < -0.39 is 0 Å². The Balaban J connectivity index is 0.00000200. The lowest BCUT2D eigenvalue weighted by molar-refractivity contribution is 0.174. The van der Waals surface area contributed by atoms with Crippen LogP contribution >= 0.6 is 12.4 Å². The number of nitrogens with one attached hydrogen (secondary N) is 1. The first-order valence-electron chi connectivity index (χ1n) is 5.88. The number of halogens is 1. The molecular weight excluding hydrogens is 282 g/mol. The van der Waals surface area contributed by atoms with E-state index in [4.69, 9.17) is 20.9 Å². The predicted octanol–water partition coefficient (Wildman–Crippen LogP) is 0.228. The average molecular weight is 300 g/mol. The van der Waals surface area contributed by atoms with Gasteiger partial charge in [-0.2, -0.15) is 4.99 Å². The Hall–Kier alpha value is -2.15. The van der Waals surface area contributed by atoms with Gasteiger partial charge in [-0.15, -0.1) is 12.4 Å². The molecule has 0 saturated carbocycles. The molecule has 0 bridgehead atoms. The fraction of sp³-hybridized carbons (Fsp3) is 0.333. The zero-order valence-electron chi connectivity index (χ0n) is 11.1. The quantitative estimate of drug-likeness (QED) is 0.547. The summed E-state index contributed by atoms with van der Waals surface area (Å²) in [7, 11) is 1.62. The molecule has 1 aromatic rings. The number of guanidine groups is 2. The Bertz CT molecular complexity index is 515. The van der Waals surface area contributed by atoms with E-state index in [1.807, 2.05) is 18.2 Å². The molecule has 1 heterocycles. The molecule has 0 saturated heterocycles. The number of fused-ring (bicyclic) bond motifs is 1. The van der Waals surface area contributed by atoms with Crippen molar-refractivity contribution < 1.29 is 9.47 Å². The lowest BCUT2D eigenvalue weighted by Crippen LogP contribution is -2.30. The van der Waals surface area contributed by atoms with E-state index >= 15 is 0 Å². The molecule has 0 aliphatic carbocycles. The van der Waals surface area contributed by atoms with Crippen LogP contribution in [0.2, 0.25) is 0 Å². The van der Waals surface area contributed by atoms with Crippen LogP contribution in [0.3, 0.4) is 0 Å². The van der Waals surface area contributed by atoms with E-state index in [0.29, 0.717) is 12.5 Å². The molecule has 1 aliphatic heterocycles. The summed E-state index contributed by atoms with van der Waals surface area (Å²) in [5.74, 6) is 1.97. The molecule has 2 rings (SSSR count). The van der Waals surface area contributed by atoms with Crippen molar-refractivity contribution in [1.29, 1.82) is 0 Å². The lowest BCUT2D eigenvalue weighted by Gasteiger charge is -2.06. The molecule has 7 nitrogen and oxygen atoms in total. The van der Waals surface area contributed by atoms with Crippen molar-refractivity contribution in [3.05, 3.63) is 23.8 Å². The van der Waals surface area contributed by atoms with E-state index in [0.717, 1.165) is 23.5 Å². The van der Waals surface area contributed by atoms with Gasteiger partial charge < -0.3 is 26.3 Å². The largest absolute Gasteiger partial charge is 0.454 e. The van der Waals surface area contributed by atoms with Crippen LogP contribution in [0.4, 0.5) is 0 Å². The number of benzene rings is 1. The summed E-state index contributed by atoms with van der Waals surface area (Å²) in [5.41, 5.74) is 11.7. The van der Waals surface area contributed by atoms with Crippen LogP contribution in [-0.2, 0) is 6.42 Å². The molecule has 110 valence electrons.